The van der Waals surface area contributed by atoms with Crippen molar-refractivity contribution in [3.8, 4) is 0 Å². The van der Waals surface area contributed by atoms with Crippen molar-refractivity contribution in [1.29, 1.82) is 0 Å². The van der Waals surface area contributed by atoms with Crippen molar-refractivity contribution in [1.82, 2.24) is 0 Å². The Labute approximate surface area is 52.0 Å². The zero-order chi connectivity index (χ0) is 6.24. The molecule has 40 valence electrons. The SMILES string of the molecule is [B]C.c1ccccc1. The Morgan fingerprint density at radius 1 is 0.625 bits per heavy atom. The molecule has 0 nitrogen and oxygen atoms in total. The van der Waals surface area contributed by atoms with Gasteiger partial charge in [-0.2, -0.15) is 0 Å². The van der Waals surface area contributed by atoms with Crippen LogP contribution in [0.4, 0.5) is 0 Å². The summed E-state index contributed by atoms with van der Waals surface area (Å²) in [5.74, 6) is 0. The van der Waals surface area contributed by atoms with Gasteiger partial charge in [0.05, 0.1) is 7.85 Å². The third-order valence-electron chi connectivity index (χ3n) is 0.667. The summed E-state index contributed by atoms with van der Waals surface area (Å²) in [5.41, 5.74) is 0. The van der Waals surface area contributed by atoms with Crippen LogP contribution in [-0.2, 0) is 0 Å². The lowest BCUT2D eigenvalue weighted by atomic mass is 10.2. The standard InChI is InChI=1S/C6H6.CH3B/c1-2-4-6-5-3-1;1-2/h1-6H;1H3. The van der Waals surface area contributed by atoms with Crippen molar-refractivity contribution in [2.45, 2.75) is 6.82 Å². The summed E-state index contributed by atoms with van der Waals surface area (Å²) in [6, 6.07) is 12.0. The van der Waals surface area contributed by atoms with Crippen LogP contribution >= 0.6 is 0 Å². The van der Waals surface area contributed by atoms with Crippen LogP contribution in [0.3, 0.4) is 0 Å². The van der Waals surface area contributed by atoms with E-state index in [2.05, 4.69) is 7.85 Å². The third-order valence-corrected chi connectivity index (χ3v) is 0.667. The molecule has 1 rings (SSSR count). The fourth-order valence-corrected chi connectivity index (χ4v) is 0.385. The summed E-state index contributed by atoms with van der Waals surface area (Å²) in [6.45, 7) is 1.50. The van der Waals surface area contributed by atoms with Crippen LogP contribution in [0.15, 0.2) is 36.4 Å². The van der Waals surface area contributed by atoms with Crippen molar-refractivity contribution in [3.63, 3.8) is 0 Å². The molecule has 2 radical (unpaired) electrons. The Morgan fingerprint density at radius 2 is 0.750 bits per heavy atom. The molecule has 0 spiro atoms. The highest BCUT2D eigenvalue weighted by molar-refractivity contribution is 6.05. The molecule has 0 amide bonds. The molecule has 8 heavy (non-hydrogen) atoms. The maximum absolute atomic E-state index is 4.50. The third kappa shape index (κ3) is 3.47. The van der Waals surface area contributed by atoms with Gasteiger partial charge in [0.15, 0.2) is 0 Å². The Hall–Kier alpha value is -0.715. The van der Waals surface area contributed by atoms with Crippen LogP contribution in [0.5, 0.6) is 0 Å². The molecule has 1 aromatic carbocycles. The molecule has 0 unspecified atom stereocenters. The highest BCUT2D eigenvalue weighted by Crippen LogP contribution is 1.79. The van der Waals surface area contributed by atoms with Crippen LogP contribution in [0, 0.1) is 0 Å². The van der Waals surface area contributed by atoms with Crippen LogP contribution in [0.1, 0.15) is 0 Å². The Bertz CT molecular complexity index is 76.3. The minimum Gasteiger partial charge on any atom is -0.0999 e. The molecule has 0 bridgehead atoms. The highest BCUT2D eigenvalue weighted by atomic mass is 13.6. The van der Waals surface area contributed by atoms with E-state index in [-0.39, 0.29) is 0 Å². The van der Waals surface area contributed by atoms with Crippen LogP contribution < -0.4 is 0 Å². The first-order valence-electron chi connectivity index (χ1n) is 2.58. The van der Waals surface area contributed by atoms with Gasteiger partial charge in [-0.15, -0.1) is 0 Å². The summed E-state index contributed by atoms with van der Waals surface area (Å²) < 4.78 is 0. The molecule has 0 N–H and O–H groups in total. The van der Waals surface area contributed by atoms with Gasteiger partial charge < -0.3 is 0 Å². The van der Waals surface area contributed by atoms with Crippen molar-refractivity contribution in [2.24, 2.45) is 0 Å². The zero-order valence-corrected chi connectivity index (χ0v) is 5.04. The van der Waals surface area contributed by atoms with Gasteiger partial charge in [0.2, 0.25) is 0 Å². The molecule has 0 heterocycles. The average Bonchev–Trinajstić information content (AvgIpc) is 1.96. The molecular weight excluding hydrogens is 94.9 g/mol. The monoisotopic (exact) mass is 104 g/mol. The van der Waals surface area contributed by atoms with Gasteiger partial charge in [0, 0.05) is 0 Å². The molecule has 0 aromatic heterocycles. The quantitative estimate of drug-likeness (QED) is 0.441. The molecule has 1 heteroatoms. The normalized spacial score (nSPS) is 6.62. The maximum Gasteiger partial charge on any atom is 0.0606 e. The summed E-state index contributed by atoms with van der Waals surface area (Å²) >= 11 is 0. The molecule has 0 aliphatic rings. The van der Waals surface area contributed by atoms with Crippen molar-refractivity contribution < 1.29 is 0 Å². The van der Waals surface area contributed by atoms with E-state index in [4.69, 9.17) is 0 Å². The molecule has 0 atom stereocenters. The summed E-state index contributed by atoms with van der Waals surface area (Å²) in [7, 11) is 4.50. The van der Waals surface area contributed by atoms with E-state index in [9.17, 15) is 0 Å². The van der Waals surface area contributed by atoms with Crippen molar-refractivity contribution in [2.75, 3.05) is 0 Å². The minimum absolute atomic E-state index is 1.50. The Morgan fingerprint density at radius 3 is 0.875 bits per heavy atom. The van der Waals surface area contributed by atoms with E-state index in [0.717, 1.165) is 0 Å². The number of benzene rings is 1. The average molecular weight is 104 g/mol. The fraction of sp³-hybridized carbons (Fsp3) is 0.143. The largest absolute Gasteiger partial charge is 0.0999 e. The molecule has 0 saturated carbocycles. The van der Waals surface area contributed by atoms with Crippen LogP contribution in [0.25, 0.3) is 0 Å². The fourth-order valence-electron chi connectivity index (χ4n) is 0.385. The number of hydrogen-bond donors (Lipinski definition) is 0. The highest BCUT2D eigenvalue weighted by Gasteiger charge is 1.57. The van der Waals surface area contributed by atoms with Crippen molar-refractivity contribution in [3.05, 3.63) is 36.4 Å². The topological polar surface area (TPSA) is 0 Å². The molecule has 0 fully saturated rings. The number of rotatable bonds is 0. The van der Waals surface area contributed by atoms with E-state index >= 15 is 0 Å². The first-order chi connectivity index (χ1) is 4.00. The first kappa shape index (κ1) is 7.28. The van der Waals surface area contributed by atoms with Gasteiger partial charge in [0.1, 0.15) is 0 Å². The van der Waals surface area contributed by atoms with E-state index in [1.54, 1.807) is 0 Å². The molecule has 0 aliphatic carbocycles. The zero-order valence-electron chi connectivity index (χ0n) is 5.04. The molecule has 0 saturated heterocycles. The van der Waals surface area contributed by atoms with Gasteiger partial charge >= 0.3 is 0 Å². The van der Waals surface area contributed by atoms with Crippen LogP contribution in [-0.4, -0.2) is 7.85 Å². The summed E-state index contributed by atoms with van der Waals surface area (Å²) in [5, 5.41) is 0. The molecular formula is C7H9B. The van der Waals surface area contributed by atoms with E-state index < -0.39 is 0 Å². The lowest BCUT2D eigenvalue weighted by Crippen LogP contribution is -1.47. The van der Waals surface area contributed by atoms with E-state index in [1.165, 1.54) is 6.82 Å². The predicted octanol–water partition coefficient (Wildman–Crippen LogP) is 1.89. The van der Waals surface area contributed by atoms with Crippen LogP contribution in [0.2, 0.25) is 6.82 Å². The van der Waals surface area contributed by atoms with Gasteiger partial charge in [-0.25, -0.2) is 0 Å². The lowest BCUT2D eigenvalue weighted by Gasteiger charge is -1.69. The Balaban J connectivity index is 0.000000222. The first-order valence-corrected chi connectivity index (χ1v) is 2.58. The van der Waals surface area contributed by atoms with Gasteiger partial charge in [-0.05, 0) is 0 Å². The van der Waals surface area contributed by atoms with Gasteiger partial charge in [-0.1, -0.05) is 43.2 Å². The maximum atomic E-state index is 4.50. The predicted molar refractivity (Wildman–Crippen MR) is 38.1 cm³/mol. The number of hydrogen-bond acceptors (Lipinski definition) is 0. The smallest absolute Gasteiger partial charge is 0.0606 e. The molecule has 1 aromatic rings. The second-order valence-corrected chi connectivity index (χ2v) is 1.15. The van der Waals surface area contributed by atoms with Crippen molar-refractivity contribution >= 4 is 7.85 Å². The minimum atomic E-state index is 1.50. The summed E-state index contributed by atoms with van der Waals surface area (Å²) in [4.78, 5) is 0. The summed E-state index contributed by atoms with van der Waals surface area (Å²) in [6.07, 6.45) is 0. The second-order valence-electron chi connectivity index (χ2n) is 1.15. The van der Waals surface area contributed by atoms with E-state index in [0.29, 0.717) is 0 Å². The van der Waals surface area contributed by atoms with Gasteiger partial charge in [-0.3, -0.25) is 0 Å². The van der Waals surface area contributed by atoms with Gasteiger partial charge in [0.25, 0.3) is 0 Å². The second kappa shape index (κ2) is 6.28. The van der Waals surface area contributed by atoms with E-state index in [1.807, 2.05) is 36.4 Å². The molecule has 0 aliphatic heterocycles. The lowest BCUT2D eigenvalue weighted by molar-refractivity contribution is 1.72. The Kier molecular flexibility index (Phi) is 5.72.